The zero-order valence-electron chi connectivity index (χ0n) is 19.3. The summed E-state index contributed by atoms with van der Waals surface area (Å²) >= 11 is 0. The fourth-order valence-electron chi connectivity index (χ4n) is 3.84. The number of amides is 1. The van der Waals surface area contributed by atoms with Crippen LogP contribution in [0.15, 0.2) is 29.3 Å². The SMILES string of the molecule is COCCCNC(=O)CN1CCN(C(=NCC2CCCO2)Nc2ccc(C(=O)O)cc2)CC1. The maximum absolute atomic E-state index is 12.2. The van der Waals surface area contributed by atoms with Gasteiger partial charge in [-0.25, -0.2) is 4.79 Å². The van der Waals surface area contributed by atoms with Crippen LogP contribution in [0.25, 0.3) is 0 Å². The number of nitrogens with zero attached hydrogens (tertiary/aromatic N) is 3. The van der Waals surface area contributed by atoms with Crippen molar-refractivity contribution in [2.75, 3.05) is 71.5 Å². The quantitative estimate of drug-likeness (QED) is 0.270. The fraction of sp³-hybridized carbons (Fsp3) is 0.609. The smallest absolute Gasteiger partial charge is 0.335 e. The number of carboxylic acid groups (broad SMARTS) is 1. The van der Waals surface area contributed by atoms with Gasteiger partial charge < -0.3 is 30.1 Å². The summed E-state index contributed by atoms with van der Waals surface area (Å²) in [5.41, 5.74) is 1.02. The highest BCUT2D eigenvalue weighted by molar-refractivity contribution is 5.94. The number of ether oxygens (including phenoxy) is 2. The van der Waals surface area contributed by atoms with Gasteiger partial charge >= 0.3 is 5.97 Å². The first-order valence-corrected chi connectivity index (χ1v) is 11.5. The van der Waals surface area contributed by atoms with Crippen LogP contribution in [0.4, 0.5) is 5.69 Å². The molecule has 2 aliphatic heterocycles. The number of carbonyl (C=O) groups excluding carboxylic acids is 1. The van der Waals surface area contributed by atoms with Crippen LogP contribution in [-0.4, -0.2) is 105 Å². The van der Waals surface area contributed by atoms with Gasteiger partial charge in [0.25, 0.3) is 0 Å². The summed E-state index contributed by atoms with van der Waals surface area (Å²) in [5, 5.41) is 15.4. The Morgan fingerprint density at radius 2 is 1.97 bits per heavy atom. The Morgan fingerprint density at radius 1 is 1.21 bits per heavy atom. The van der Waals surface area contributed by atoms with E-state index in [4.69, 9.17) is 19.6 Å². The minimum absolute atomic E-state index is 0.0310. The first kappa shape index (κ1) is 24.9. The van der Waals surface area contributed by atoms with Gasteiger partial charge in [-0.2, -0.15) is 0 Å². The van der Waals surface area contributed by atoms with Gasteiger partial charge in [0.1, 0.15) is 0 Å². The van der Waals surface area contributed by atoms with Gasteiger partial charge in [-0.15, -0.1) is 0 Å². The van der Waals surface area contributed by atoms with Crippen LogP contribution < -0.4 is 10.6 Å². The third-order valence-corrected chi connectivity index (χ3v) is 5.74. The van der Waals surface area contributed by atoms with Crippen LogP contribution in [0.1, 0.15) is 29.6 Å². The van der Waals surface area contributed by atoms with E-state index in [1.807, 2.05) is 0 Å². The molecule has 2 fully saturated rings. The number of carboxylic acids is 1. The zero-order valence-corrected chi connectivity index (χ0v) is 19.3. The lowest BCUT2D eigenvalue weighted by Crippen LogP contribution is -2.52. The van der Waals surface area contributed by atoms with Crippen LogP contribution >= 0.6 is 0 Å². The summed E-state index contributed by atoms with van der Waals surface area (Å²) in [6.07, 6.45) is 3.02. The minimum atomic E-state index is -0.951. The number of aliphatic imine (C=N–C) groups is 1. The van der Waals surface area contributed by atoms with Crippen molar-refractivity contribution in [1.82, 2.24) is 15.1 Å². The second-order valence-electron chi connectivity index (χ2n) is 8.27. The van der Waals surface area contributed by atoms with Crippen LogP contribution in [-0.2, 0) is 14.3 Å². The monoisotopic (exact) mass is 461 g/mol. The topological polar surface area (TPSA) is 116 Å². The van der Waals surface area contributed by atoms with Crippen molar-refractivity contribution in [3.8, 4) is 0 Å². The standard InChI is InChI=1S/C23H35N5O5/c1-32-14-3-9-24-21(29)17-27-10-12-28(13-11-27)23(25-16-20-4-2-15-33-20)26-19-7-5-18(6-8-19)22(30)31/h5-8,20H,2-4,9-17H2,1H3,(H,24,29)(H,25,26)(H,30,31). The average molecular weight is 462 g/mol. The van der Waals surface area contributed by atoms with E-state index in [2.05, 4.69) is 20.4 Å². The molecule has 0 aromatic heterocycles. The van der Waals surface area contributed by atoms with E-state index in [1.54, 1.807) is 31.4 Å². The summed E-state index contributed by atoms with van der Waals surface area (Å²) in [7, 11) is 1.65. The molecular weight excluding hydrogens is 426 g/mol. The van der Waals surface area contributed by atoms with E-state index in [0.29, 0.717) is 26.2 Å². The molecule has 0 bridgehead atoms. The molecule has 3 N–H and O–H groups in total. The van der Waals surface area contributed by atoms with E-state index in [-0.39, 0.29) is 17.6 Å². The molecule has 33 heavy (non-hydrogen) atoms. The van der Waals surface area contributed by atoms with Crippen LogP contribution in [0.3, 0.4) is 0 Å². The fourth-order valence-corrected chi connectivity index (χ4v) is 3.84. The summed E-state index contributed by atoms with van der Waals surface area (Å²) in [5.74, 6) is -0.173. The Balaban J connectivity index is 1.55. The molecule has 0 saturated carbocycles. The normalized spacial score (nSPS) is 19.5. The molecule has 0 spiro atoms. The number of rotatable bonds is 10. The first-order chi connectivity index (χ1) is 16.0. The molecule has 0 radical (unpaired) electrons. The Morgan fingerprint density at radius 3 is 2.61 bits per heavy atom. The molecule has 182 valence electrons. The van der Waals surface area contributed by atoms with Gasteiger partial charge in [0.05, 0.1) is 24.8 Å². The Kier molecular flexibility index (Phi) is 9.92. The average Bonchev–Trinajstić information content (AvgIpc) is 3.34. The van der Waals surface area contributed by atoms with Gasteiger partial charge in [-0.3, -0.25) is 14.7 Å². The lowest BCUT2D eigenvalue weighted by molar-refractivity contribution is -0.122. The zero-order chi connectivity index (χ0) is 23.5. The van der Waals surface area contributed by atoms with Crippen molar-refractivity contribution in [3.05, 3.63) is 29.8 Å². The van der Waals surface area contributed by atoms with Crippen LogP contribution in [0.5, 0.6) is 0 Å². The molecule has 1 aromatic carbocycles. The Bertz CT molecular complexity index is 787. The highest BCUT2D eigenvalue weighted by atomic mass is 16.5. The molecule has 2 saturated heterocycles. The van der Waals surface area contributed by atoms with E-state index in [0.717, 1.165) is 63.7 Å². The van der Waals surface area contributed by atoms with Crippen LogP contribution in [0, 0.1) is 0 Å². The third-order valence-electron chi connectivity index (χ3n) is 5.74. The highest BCUT2D eigenvalue weighted by Crippen LogP contribution is 2.15. The van der Waals surface area contributed by atoms with E-state index >= 15 is 0 Å². The van der Waals surface area contributed by atoms with Gasteiger partial charge in [-0.1, -0.05) is 0 Å². The second kappa shape index (κ2) is 13.1. The number of hydrogen-bond donors (Lipinski definition) is 3. The van der Waals surface area contributed by atoms with Crippen molar-refractivity contribution in [1.29, 1.82) is 0 Å². The molecule has 10 nitrogen and oxygen atoms in total. The number of guanidine groups is 1. The lowest BCUT2D eigenvalue weighted by atomic mass is 10.2. The number of anilines is 1. The predicted octanol–water partition coefficient (Wildman–Crippen LogP) is 1.10. The first-order valence-electron chi connectivity index (χ1n) is 11.5. The van der Waals surface area contributed by atoms with Gasteiger partial charge in [0.15, 0.2) is 5.96 Å². The van der Waals surface area contributed by atoms with E-state index < -0.39 is 5.97 Å². The molecule has 2 heterocycles. The predicted molar refractivity (Wildman–Crippen MR) is 126 cm³/mol. The maximum atomic E-state index is 12.2. The van der Waals surface area contributed by atoms with E-state index in [1.165, 1.54) is 0 Å². The molecule has 1 atom stereocenters. The molecule has 1 amide bonds. The largest absolute Gasteiger partial charge is 0.478 e. The van der Waals surface area contributed by atoms with Gasteiger partial charge in [0, 0.05) is 58.7 Å². The van der Waals surface area contributed by atoms with Crippen molar-refractivity contribution in [2.24, 2.45) is 4.99 Å². The molecule has 2 aliphatic rings. The third kappa shape index (κ3) is 8.30. The number of carbonyl (C=O) groups is 2. The number of hydrogen-bond acceptors (Lipinski definition) is 6. The van der Waals surface area contributed by atoms with Crippen molar-refractivity contribution >= 4 is 23.5 Å². The molecule has 1 unspecified atom stereocenters. The van der Waals surface area contributed by atoms with Crippen molar-refractivity contribution in [2.45, 2.75) is 25.4 Å². The molecule has 1 aromatic rings. The summed E-state index contributed by atoms with van der Waals surface area (Å²) in [4.78, 5) is 32.4. The summed E-state index contributed by atoms with van der Waals surface area (Å²) < 4.78 is 10.7. The summed E-state index contributed by atoms with van der Waals surface area (Å²) in [6, 6.07) is 6.64. The number of nitrogens with one attached hydrogen (secondary N) is 2. The van der Waals surface area contributed by atoms with Gasteiger partial charge in [0.2, 0.25) is 5.91 Å². The maximum Gasteiger partial charge on any atom is 0.335 e. The summed E-state index contributed by atoms with van der Waals surface area (Å²) in [6.45, 7) is 5.99. The molecular formula is C23H35N5O5. The van der Waals surface area contributed by atoms with Gasteiger partial charge in [-0.05, 0) is 43.5 Å². The Labute approximate surface area is 194 Å². The number of benzene rings is 1. The lowest BCUT2D eigenvalue weighted by Gasteiger charge is -2.36. The van der Waals surface area contributed by atoms with Crippen LogP contribution in [0.2, 0.25) is 0 Å². The van der Waals surface area contributed by atoms with Crippen molar-refractivity contribution < 1.29 is 24.2 Å². The molecule has 3 rings (SSSR count). The molecule has 10 heteroatoms. The van der Waals surface area contributed by atoms with Crippen molar-refractivity contribution in [3.63, 3.8) is 0 Å². The minimum Gasteiger partial charge on any atom is -0.478 e. The number of methoxy groups -OCH3 is 1. The number of piperazine rings is 1. The van der Waals surface area contributed by atoms with E-state index in [9.17, 15) is 9.59 Å². The Hall–Kier alpha value is -2.69. The molecule has 0 aliphatic carbocycles. The highest BCUT2D eigenvalue weighted by Gasteiger charge is 2.23. The number of aromatic carboxylic acids is 1. The second-order valence-corrected chi connectivity index (χ2v) is 8.27.